The monoisotopic (exact) mass is 1320 g/mol. The van der Waals surface area contributed by atoms with Crippen LogP contribution >= 0.6 is 7.82 Å². The van der Waals surface area contributed by atoms with E-state index in [0.29, 0.717) is 17.4 Å². The smallest absolute Gasteiger partial charge is 0.462 e. The lowest BCUT2D eigenvalue weighted by Gasteiger charge is -2.24. The number of rotatable bonds is 68. The second-order valence-electron chi connectivity index (χ2n) is 25.9. The average molecular weight is 1320 g/mol. The summed E-state index contributed by atoms with van der Waals surface area (Å²) >= 11 is 0. The third-order valence-electron chi connectivity index (χ3n) is 15.7. The molecule has 0 spiro atoms. The lowest BCUT2D eigenvalue weighted by molar-refractivity contribution is -0.870. The van der Waals surface area contributed by atoms with Crippen LogP contribution in [0.1, 0.15) is 296 Å². The number of likely N-dealkylation sites (N-methyl/N-ethyl adjacent to an activating group) is 1. The number of hydrogen-bond donors (Lipinski definition) is 1. The van der Waals surface area contributed by atoms with Gasteiger partial charge < -0.3 is 18.9 Å². The predicted octanol–water partition coefficient (Wildman–Crippen LogP) is 25.3. The van der Waals surface area contributed by atoms with Gasteiger partial charge >= 0.3 is 19.8 Å². The SMILES string of the molecule is CC/C=C\C/C=C\C/C=C\C/C=C\C/C=C\C/C=C\C/C=C\C/C=C\CCCCCCCCCCCCC(=O)OC(COC(=O)CCCCCCCCCCCCCCCCCC/C=C\C/C=C\C/C=C\C/C=C\C/C=C\C/C=C\CC)COP(=O)(O)OCC[N+](C)(C)C. The van der Waals surface area contributed by atoms with Gasteiger partial charge in [-0.2, -0.15) is 0 Å². The normalized spacial score (nSPS) is 14.1. The molecule has 0 fully saturated rings. The van der Waals surface area contributed by atoms with Crippen LogP contribution < -0.4 is 0 Å². The van der Waals surface area contributed by atoms with Crippen LogP contribution in [0, 0.1) is 0 Å². The average Bonchev–Trinajstić information content (AvgIpc) is 1.68. The first kappa shape index (κ1) is 89.4. The van der Waals surface area contributed by atoms with E-state index in [1.165, 1.54) is 128 Å². The van der Waals surface area contributed by atoms with Crippen LogP contribution in [0.25, 0.3) is 0 Å². The van der Waals surface area contributed by atoms with Crippen LogP contribution in [0.3, 0.4) is 0 Å². The summed E-state index contributed by atoms with van der Waals surface area (Å²) in [7, 11) is 1.46. The summed E-state index contributed by atoms with van der Waals surface area (Å²) in [6.45, 7) is 4.21. The van der Waals surface area contributed by atoms with Crippen LogP contribution in [-0.4, -0.2) is 74.9 Å². The second-order valence-corrected chi connectivity index (χ2v) is 27.4. The number of phosphoric ester groups is 1. The van der Waals surface area contributed by atoms with E-state index in [9.17, 15) is 19.0 Å². The molecule has 0 aliphatic heterocycles. The van der Waals surface area contributed by atoms with E-state index in [2.05, 4.69) is 184 Å². The van der Waals surface area contributed by atoms with Gasteiger partial charge in [0, 0.05) is 12.8 Å². The number of carbonyl (C=O) groups excluding carboxylic acids is 2. The van der Waals surface area contributed by atoms with Crippen LogP contribution in [0.15, 0.2) is 170 Å². The topological polar surface area (TPSA) is 108 Å². The third-order valence-corrected chi connectivity index (χ3v) is 16.7. The summed E-state index contributed by atoms with van der Waals surface area (Å²) in [6.07, 6.45) is 110. The lowest BCUT2D eigenvalue weighted by atomic mass is 10.0. The Morgan fingerprint density at radius 1 is 0.330 bits per heavy atom. The highest BCUT2D eigenvalue weighted by molar-refractivity contribution is 7.47. The van der Waals surface area contributed by atoms with Crippen LogP contribution in [-0.2, 0) is 32.7 Å². The summed E-state index contributed by atoms with van der Waals surface area (Å²) in [4.78, 5) is 36.0. The summed E-state index contributed by atoms with van der Waals surface area (Å²) in [5.74, 6) is -0.804. The van der Waals surface area contributed by atoms with Gasteiger partial charge in [0.05, 0.1) is 27.7 Å². The number of nitrogens with zero attached hydrogens (tertiary/aromatic N) is 1. The van der Waals surface area contributed by atoms with Crippen molar-refractivity contribution in [1.82, 2.24) is 0 Å². The van der Waals surface area contributed by atoms with Crippen molar-refractivity contribution in [3.8, 4) is 0 Å². The van der Waals surface area contributed by atoms with Crippen molar-refractivity contribution < 1.29 is 42.1 Å². The molecule has 0 aromatic carbocycles. The van der Waals surface area contributed by atoms with Gasteiger partial charge in [-0.25, -0.2) is 4.57 Å². The number of hydrogen-bond acceptors (Lipinski definition) is 7. The summed E-state index contributed by atoms with van der Waals surface area (Å²) < 4.78 is 34.8. The molecule has 0 saturated carbocycles. The van der Waals surface area contributed by atoms with E-state index in [0.717, 1.165) is 135 Å². The number of unbranched alkanes of at least 4 members (excludes halogenated alkanes) is 26. The fraction of sp³-hybridized carbons (Fsp3) is 0.643. The van der Waals surface area contributed by atoms with Gasteiger partial charge in [0.2, 0.25) is 0 Å². The number of ether oxygens (including phenoxy) is 2. The van der Waals surface area contributed by atoms with Crippen molar-refractivity contribution in [3.63, 3.8) is 0 Å². The van der Waals surface area contributed by atoms with Gasteiger partial charge in [0.15, 0.2) is 6.10 Å². The number of quaternary nitrogens is 1. The van der Waals surface area contributed by atoms with Gasteiger partial charge in [0.1, 0.15) is 19.8 Å². The fourth-order valence-corrected chi connectivity index (χ4v) is 10.8. The first-order chi connectivity index (χ1) is 46.0. The lowest BCUT2D eigenvalue weighted by Crippen LogP contribution is -2.37. The molecule has 94 heavy (non-hydrogen) atoms. The van der Waals surface area contributed by atoms with E-state index in [-0.39, 0.29) is 32.0 Å². The molecule has 0 bridgehead atoms. The molecule has 0 amide bonds. The Labute approximate surface area is 578 Å². The highest BCUT2D eigenvalue weighted by atomic mass is 31.2. The van der Waals surface area contributed by atoms with E-state index in [1.807, 2.05) is 21.1 Å². The minimum atomic E-state index is -4.41. The van der Waals surface area contributed by atoms with Crippen LogP contribution in [0.2, 0.25) is 0 Å². The first-order valence-electron chi connectivity index (χ1n) is 37.9. The molecule has 0 rings (SSSR count). The molecule has 0 aliphatic rings. The minimum absolute atomic E-state index is 0.0239. The maximum absolute atomic E-state index is 12.9. The van der Waals surface area contributed by atoms with E-state index >= 15 is 0 Å². The number of allylic oxidation sites excluding steroid dienone is 28. The second kappa shape index (κ2) is 72.6. The van der Waals surface area contributed by atoms with Crippen LogP contribution in [0.4, 0.5) is 0 Å². The summed E-state index contributed by atoms with van der Waals surface area (Å²) in [5, 5.41) is 0. The number of carbonyl (C=O) groups is 2. The predicted molar refractivity (Wildman–Crippen MR) is 408 cm³/mol. The van der Waals surface area contributed by atoms with Crippen molar-refractivity contribution in [2.24, 2.45) is 0 Å². The molecule has 2 atom stereocenters. The maximum Gasteiger partial charge on any atom is 0.472 e. The minimum Gasteiger partial charge on any atom is -0.462 e. The Hall–Kier alpha value is -4.63. The fourth-order valence-electron chi connectivity index (χ4n) is 10.0. The molecule has 0 aliphatic carbocycles. The molecule has 9 nitrogen and oxygen atoms in total. The molecule has 1 N–H and O–H groups in total. The van der Waals surface area contributed by atoms with Crippen molar-refractivity contribution in [2.75, 3.05) is 47.5 Å². The van der Waals surface area contributed by atoms with Crippen molar-refractivity contribution in [1.29, 1.82) is 0 Å². The standard InChI is InChI=1S/C84H140NO8P/c1-6-8-10-12-14-16-18-20-22-24-26-28-30-32-34-36-38-40-42-44-46-48-50-52-54-56-58-60-62-64-66-68-70-72-74-76-83(86)90-80-82(81-92-94(88,89)91-79-78-85(3,4)5)93-84(87)77-75-73-71-69-67-65-63-61-59-57-55-53-51-49-47-45-43-41-39-37-35-33-31-29-27-25-23-21-19-17-15-13-11-9-7-2/h8-11,14-17,20-23,26-29,32-35,38-41,45,47,51,53,82H,6-7,12-13,18-19,24-25,30-31,36-37,42-44,46,48-50,52,54-81H2,1-5H3/p+1/b10-8-,11-9-,16-14-,17-15-,22-20-,23-21-,28-26-,29-27-,34-32-,35-33-,40-38-,41-39-,47-45-,53-51-. The number of phosphoric acid groups is 1. The molecule has 0 aromatic rings. The molecule has 2 unspecified atom stereocenters. The zero-order chi connectivity index (χ0) is 68.3. The Morgan fingerprint density at radius 3 is 0.851 bits per heavy atom. The molecule has 0 aromatic heterocycles. The molecular weight excluding hydrogens is 1180 g/mol. The molecule has 534 valence electrons. The van der Waals surface area contributed by atoms with Crippen molar-refractivity contribution in [3.05, 3.63) is 170 Å². The van der Waals surface area contributed by atoms with E-state index in [1.54, 1.807) is 0 Å². The Morgan fingerprint density at radius 2 is 0.574 bits per heavy atom. The van der Waals surface area contributed by atoms with Gasteiger partial charge in [0.25, 0.3) is 0 Å². The molecular formula is C84H141NO8P+. The Balaban J connectivity index is 4.06. The van der Waals surface area contributed by atoms with Gasteiger partial charge in [-0.1, -0.05) is 325 Å². The summed E-state index contributed by atoms with van der Waals surface area (Å²) in [5.41, 5.74) is 0. The number of esters is 2. The molecule has 0 radical (unpaired) electrons. The van der Waals surface area contributed by atoms with Gasteiger partial charge in [-0.3, -0.25) is 18.6 Å². The van der Waals surface area contributed by atoms with Crippen LogP contribution in [0.5, 0.6) is 0 Å². The maximum atomic E-state index is 12.9. The molecule has 0 heterocycles. The zero-order valence-electron chi connectivity index (χ0n) is 60.9. The quantitative estimate of drug-likeness (QED) is 0.0211. The van der Waals surface area contributed by atoms with Gasteiger partial charge in [-0.05, 0) is 128 Å². The Bertz CT molecular complexity index is 2200. The molecule has 0 saturated heterocycles. The molecule has 10 heteroatoms. The van der Waals surface area contributed by atoms with E-state index < -0.39 is 26.5 Å². The third kappa shape index (κ3) is 76.4. The van der Waals surface area contributed by atoms with Crippen molar-refractivity contribution >= 4 is 19.8 Å². The van der Waals surface area contributed by atoms with E-state index in [4.69, 9.17) is 18.5 Å². The van der Waals surface area contributed by atoms with Crippen molar-refractivity contribution in [2.45, 2.75) is 302 Å². The largest absolute Gasteiger partial charge is 0.472 e. The first-order valence-corrected chi connectivity index (χ1v) is 39.4. The highest BCUT2D eigenvalue weighted by Gasteiger charge is 2.27. The summed E-state index contributed by atoms with van der Waals surface area (Å²) in [6, 6.07) is 0. The zero-order valence-corrected chi connectivity index (χ0v) is 61.8. The van der Waals surface area contributed by atoms with Gasteiger partial charge in [-0.15, -0.1) is 0 Å². The highest BCUT2D eigenvalue weighted by Crippen LogP contribution is 2.43. The Kier molecular flexibility index (Phi) is 69.1.